The summed E-state index contributed by atoms with van der Waals surface area (Å²) in [7, 11) is 0. The number of carbonyl (C=O) groups is 2. The van der Waals surface area contributed by atoms with Gasteiger partial charge in [0.2, 0.25) is 0 Å². The molecule has 0 atom stereocenters. The van der Waals surface area contributed by atoms with Gasteiger partial charge < -0.3 is 0 Å². The molecule has 3 heterocycles. The first-order valence-corrected chi connectivity index (χ1v) is 7.30. The number of fused-ring (bicyclic) bond motifs is 3. The van der Waals surface area contributed by atoms with Crippen LogP contribution in [-0.4, -0.2) is 31.9 Å². The van der Waals surface area contributed by atoms with Crippen molar-refractivity contribution >= 4 is 22.8 Å². The lowest BCUT2D eigenvalue weighted by Crippen LogP contribution is -2.29. The zero-order valence-electron chi connectivity index (χ0n) is 12.8. The number of imide groups is 1. The van der Waals surface area contributed by atoms with E-state index >= 15 is 0 Å². The molecule has 0 saturated carbocycles. The summed E-state index contributed by atoms with van der Waals surface area (Å²) >= 11 is 0. The lowest BCUT2D eigenvalue weighted by Gasteiger charge is -2.14. The summed E-state index contributed by atoms with van der Waals surface area (Å²) in [4.78, 5) is 30.7. The molecular formula is C17H14N4O2. The van der Waals surface area contributed by atoms with Crippen LogP contribution in [0.15, 0.2) is 30.6 Å². The fraction of sp³-hybridized carbons (Fsp3) is 0.176. The third-order valence-electron chi connectivity index (χ3n) is 4.04. The number of benzene rings is 1. The van der Waals surface area contributed by atoms with Gasteiger partial charge in [-0.15, -0.1) is 0 Å². The van der Waals surface area contributed by atoms with Crippen LogP contribution in [0.2, 0.25) is 0 Å². The van der Waals surface area contributed by atoms with Crippen molar-refractivity contribution in [1.29, 1.82) is 0 Å². The van der Waals surface area contributed by atoms with E-state index in [-0.39, 0.29) is 18.4 Å². The number of amides is 2. The zero-order chi connectivity index (χ0) is 16.1. The Morgan fingerprint density at radius 3 is 2.52 bits per heavy atom. The molecule has 0 bridgehead atoms. The van der Waals surface area contributed by atoms with E-state index in [1.165, 1.54) is 17.3 Å². The molecule has 0 fully saturated rings. The highest BCUT2D eigenvalue weighted by Crippen LogP contribution is 2.29. The average Bonchev–Trinajstić information content (AvgIpc) is 3.05. The molecule has 0 saturated heterocycles. The second-order valence-corrected chi connectivity index (χ2v) is 5.87. The minimum Gasteiger partial charge on any atom is -0.270 e. The van der Waals surface area contributed by atoms with Gasteiger partial charge in [-0.25, -0.2) is 4.98 Å². The van der Waals surface area contributed by atoms with Crippen LogP contribution in [0.25, 0.3) is 11.0 Å². The van der Waals surface area contributed by atoms with Crippen LogP contribution in [0.3, 0.4) is 0 Å². The van der Waals surface area contributed by atoms with Gasteiger partial charge in [0.15, 0.2) is 5.65 Å². The molecular weight excluding hydrogens is 292 g/mol. The predicted octanol–water partition coefficient (Wildman–Crippen LogP) is 2.37. The summed E-state index contributed by atoms with van der Waals surface area (Å²) in [6.45, 7) is 4.25. The molecule has 2 aromatic heterocycles. The minimum absolute atomic E-state index is 0.258. The van der Waals surface area contributed by atoms with Gasteiger partial charge >= 0.3 is 0 Å². The van der Waals surface area contributed by atoms with Crippen LogP contribution in [0.1, 0.15) is 37.4 Å². The molecule has 0 radical (unpaired) electrons. The van der Waals surface area contributed by atoms with Crippen molar-refractivity contribution < 1.29 is 9.59 Å². The fourth-order valence-electron chi connectivity index (χ4n) is 3.15. The van der Waals surface area contributed by atoms with Crippen LogP contribution in [0, 0.1) is 13.8 Å². The summed E-state index contributed by atoms with van der Waals surface area (Å²) in [5.74, 6) is -0.599. The van der Waals surface area contributed by atoms with E-state index < -0.39 is 0 Å². The van der Waals surface area contributed by atoms with Crippen molar-refractivity contribution in [3.05, 3.63) is 58.4 Å². The van der Waals surface area contributed by atoms with E-state index in [1.807, 2.05) is 26.0 Å². The molecule has 1 aliphatic rings. The largest absolute Gasteiger partial charge is 0.270 e. The second-order valence-electron chi connectivity index (χ2n) is 5.87. The molecule has 0 aliphatic carbocycles. The molecule has 23 heavy (non-hydrogen) atoms. The highest BCUT2D eigenvalue weighted by atomic mass is 16.2. The summed E-state index contributed by atoms with van der Waals surface area (Å²) < 4.78 is 0. The van der Waals surface area contributed by atoms with Gasteiger partial charge in [0, 0.05) is 6.20 Å². The molecule has 1 aromatic carbocycles. The van der Waals surface area contributed by atoms with Gasteiger partial charge in [0.05, 0.1) is 29.3 Å². The van der Waals surface area contributed by atoms with Crippen molar-refractivity contribution in [1.82, 2.24) is 20.1 Å². The number of H-pyrrole nitrogens is 1. The van der Waals surface area contributed by atoms with Crippen molar-refractivity contribution in [2.45, 2.75) is 20.4 Å². The summed E-state index contributed by atoms with van der Waals surface area (Å²) in [6.07, 6.45) is 2.98. The van der Waals surface area contributed by atoms with E-state index in [4.69, 9.17) is 0 Å². The molecule has 114 valence electrons. The topological polar surface area (TPSA) is 79.0 Å². The number of aryl methyl sites for hydroxylation is 2. The third-order valence-corrected chi connectivity index (χ3v) is 4.04. The Kier molecular flexibility index (Phi) is 2.81. The lowest BCUT2D eigenvalue weighted by atomic mass is 10.1. The summed E-state index contributed by atoms with van der Waals surface area (Å²) in [5, 5.41) is 7.21. The molecule has 1 N–H and O–H groups in total. The summed E-state index contributed by atoms with van der Waals surface area (Å²) in [6, 6.07) is 6.04. The number of hydrogen-bond donors (Lipinski definition) is 1. The van der Waals surface area contributed by atoms with E-state index in [0.717, 1.165) is 16.7 Å². The maximum absolute atomic E-state index is 12.7. The Balaban J connectivity index is 1.77. The highest BCUT2D eigenvalue weighted by molar-refractivity contribution is 6.25. The monoisotopic (exact) mass is 306 g/mol. The smallest absolute Gasteiger partial charge is 0.263 e. The maximum Gasteiger partial charge on any atom is 0.263 e. The van der Waals surface area contributed by atoms with Crippen LogP contribution >= 0.6 is 0 Å². The minimum atomic E-state index is -0.306. The van der Waals surface area contributed by atoms with E-state index in [0.29, 0.717) is 22.2 Å². The first kappa shape index (κ1) is 13.6. The Labute approximate surface area is 132 Å². The number of rotatable bonds is 2. The number of nitrogens with one attached hydrogen (secondary N) is 1. The number of hydrogen-bond acceptors (Lipinski definition) is 4. The normalized spacial score (nSPS) is 13.9. The van der Waals surface area contributed by atoms with Crippen molar-refractivity contribution in [2.24, 2.45) is 0 Å². The first-order valence-electron chi connectivity index (χ1n) is 7.30. The van der Waals surface area contributed by atoms with Gasteiger partial charge in [0.1, 0.15) is 0 Å². The highest BCUT2D eigenvalue weighted by Gasteiger charge is 2.37. The lowest BCUT2D eigenvalue weighted by molar-refractivity contribution is 0.0643. The molecule has 0 spiro atoms. The Hall–Kier alpha value is -3.02. The number of aromatic amines is 1. The number of nitrogens with zero attached hydrogens (tertiary/aromatic N) is 3. The molecule has 4 rings (SSSR count). The second kappa shape index (κ2) is 4.74. The van der Waals surface area contributed by atoms with Gasteiger partial charge in [-0.2, -0.15) is 5.10 Å². The van der Waals surface area contributed by atoms with Crippen molar-refractivity contribution in [3.63, 3.8) is 0 Å². The van der Waals surface area contributed by atoms with Crippen LogP contribution < -0.4 is 0 Å². The number of aromatic nitrogens is 3. The summed E-state index contributed by atoms with van der Waals surface area (Å²) in [5.41, 5.74) is 4.39. The van der Waals surface area contributed by atoms with Crippen LogP contribution in [0.5, 0.6) is 0 Å². The van der Waals surface area contributed by atoms with Gasteiger partial charge in [-0.05, 0) is 19.4 Å². The number of carbonyl (C=O) groups excluding carboxylic acids is 2. The molecule has 6 nitrogen and oxygen atoms in total. The number of pyridine rings is 1. The van der Waals surface area contributed by atoms with Gasteiger partial charge in [0.25, 0.3) is 11.8 Å². The molecule has 0 unspecified atom stereocenters. The SMILES string of the molecule is Cc1cc(C)cc(CN2C(=O)c3cnc4[nH]ncc4c3C2=O)c1. The third kappa shape index (κ3) is 2.03. The molecule has 2 amide bonds. The van der Waals surface area contributed by atoms with Gasteiger partial charge in [-0.3, -0.25) is 19.6 Å². The molecule has 6 heteroatoms. The Morgan fingerprint density at radius 2 is 1.78 bits per heavy atom. The van der Waals surface area contributed by atoms with E-state index in [2.05, 4.69) is 21.2 Å². The molecule has 1 aliphatic heterocycles. The van der Waals surface area contributed by atoms with Crippen molar-refractivity contribution in [3.8, 4) is 0 Å². The zero-order valence-corrected chi connectivity index (χ0v) is 12.8. The quantitative estimate of drug-likeness (QED) is 0.737. The van der Waals surface area contributed by atoms with Crippen LogP contribution in [-0.2, 0) is 6.54 Å². The Bertz CT molecular complexity index is 954. The molecule has 3 aromatic rings. The van der Waals surface area contributed by atoms with E-state index in [9.17, 15) is 9.59 Å². The predicted molar refractivity (Wildman–Crippen MR) is 84.0 cm³/mol. The van der Waals surface area contributed by atoms with Gasteiger partial charge in [-0.1, -0.05) is 29.3 Å². The Morgan fingerprint density at radius 1 is 1.04 bits per heavy atom. The van der Waals surface area contributed by atoms with Crippen LogP contribution in [0.4, 0.5) is 0 Å². The standard InChI is InChI=1S/C17H14N4O2/c1-9-3-10(2)5-11(4-9)8-21-16(22)13-6-18-15-12(7-19-20-15)14(13)17(21)23/h3-7H,8H2,1-2H3,(H,18,19,20). The van der Waals surface area contributed by atoms with Crippen molar-refractivity contribution in [2.75, 3.05) is 0 Å². The maximum atomic E-state index is 12.7. The fourth-order valence-corrected chi connectivity index (χ4v) is 3.15. The first-order chi connectivity index (χ1) is 11.0. The van der Waals surface area contributed by atoms with E-state index in [1.54, 1.807) is 0 Å². The average molecular weight is 306 g/mol.